The zero-order chi connectivity index (χ0) is 31.9. The molecule has 1 unspecified atom stereocenters. The second kappa shape index (κ2) is 11.8. The number of phenols is 1. The molecule has 4 aromatic rings. The van der Waals surface area contributed by atoms with Gasteiger partial charge in [-0.25, -0.2) is 4.79 Å². The van der Waals surface area contributed by atoms with Gasteiger partial charge in [0.05, 0.1) is 17.3 Å². The Hall–Kier alpha value is -5.08. The lowest BCUT2D eigenvalue weighted by atomic mass is 9.73. The topological polar surface area (TPSA) is 116 Å². The predicted octanol–water partition coefficient (Wildman–Crippen LogP) is 7.78. The van der Waals surface area contributed by atoms with E-state index in [1.165, 1.54) is 35.2 Å². The molecular weight excluding hydrogens is 592 g/mol. The Labute approximate surface area is 265 Å². The summed E-state index contributed by atoms with van der Waals surface area (Å²) in [6, 6.07) is 24.3. The Morgan fingerprint density at radius 1 is 0.956 bits per heavy atom. The molecule has 0 saturated heterocycles. The van der Waals surface area contributed by atoms with Crippen LogP contribution in [0.5, 0.6) is 11.5 Å². The van der Waals surface area contributed by atoms with Gasteiger partial charge < -0.3 is 20.3 Å². The standard InChI is InChI=1S/C36H31ClN2O6/c1-36(2)18-27-31(30(41)19-36)33(25-16-15-24(17-26(25)37)45-20-21-7-4-3-5-8-21)39(28-9-6-10-29(40)32(28)38-27)34(42)22-11-13-23(14-12-22)35(43)44/h3-17,33,38,40H,18-20H2,1-2H3,(H,43,44). The highest BCUT2D eigenvalue weighted by atomic mass is 35.5. The summed E-state index contributed by atoms with van der Waals surface area (Å²) in [6.07, 6.45) is 0.737. The number of ether oxygens (including phenoxy) is 1. The molecule has 1 amide bonds. The number of carboxylic acids is 1. The van der Waals surface area contributed by atoms with Crippen LogP contribution in [0, 0.1) is 5.41 Å². The summed E-state index contributed by atoms with van der Waals surface area (Å²) in [5, 5.41) is 24.0. The van der Waals surface area contributed by atoms with E-state index in [2.05, 4.69) is 5.32 Å². The number of carbonyl (C=O) groups excluding carboxylic acids is 2. The molecule has 1 heterocycles. The average Bonchev–Trinajstić information content (AvgIpc) is 3.15. The average molecular weight is 623 g/mol. The summed E-state index contributed by atoms with van der Waals surface area (Å²) in [6.45, 7) is 4.33. The van der Waals surface area contributed by atoms with Gasteiger partial charge in [0.25, 0.3) is 5.91 Å². The lowest BCUT2D eigenvalue weighted by Crippen LogP contribution is -2.39. The second-order valence-electron chi connectivity index (χ2n) is 12.0. The number of hydrogen-bond donors (Lipinski definition) is 3. The van der Waals surface area contributed by atoms with Crippen LogP contribution in [0.25, 0.3) is 0 Å². The first-order chi connectivity index (χ1) is 21.5. The number of nitrogens with zero attached hydrogens (tertiary/aromatic N) is 1. The quantitative estimate of drug-likeness (QED) is 0.188. The van der Waals surface area contributed by atoms with Gasteiger partial charge in [-0.05, 0) is 71.5 Å². The van der Waals surface area contributed by atoms with Gasteiger partial charge in [0.2, 0.25) is 0 Å². The number of carboxylic acid groups (broad SMARTS) is 1. The molecule has 2 aliphatic rings. The maximum Gasteiger partial charge on any atom is 0.335 e. The van der Waals surface area contributed by atoms with Crippen molar-refractivity contribution in [1.82, 2.24) is 0 Å². The summed E-state index contributed by atoms with van der Waals surface area (Å²) >= 11 is 6.98. The smallest absolute Gasteiger partial charge is 0.335 e. The van der Waals surface area contributed by atoms with E-state index in [1.54, 1.807) is 30.3 Å². The third kappa shape index (κ3) is 5.89. The first-order valence-corrected chi connectivity index (χ1v) is 14.9. The molecule has 0 radical (unpaired) electrons. The van der Waals surface area contributed by atoms with Crippen LogP contribution in [-0.2, 0) is 11.4 Å². The lowest BCUT2D eigenvalue weighted by molar-refractivity contribution is -0.118. The third-order valence-electron chi connectivity index (χ3n) is 8.12. The number of Topliss-reactive ketones (excluding diaryl/α,β-unsaturated/α-hetero) is 1. The molecule has 0 saturated carbocycles. The molecule has 0 bridgehead atoms. The van der Waals surface area contributed by atoms with Crippen LogP contribution in [0.2, 0.25) is 5.02 Å². The Bertz CT molecular complexity index is 1850. The number of allylic oxidation sites excluding steroid dienone is 1. The predicted molar refractivity (Wildman–Crippen MR) is 172 cm³/mol. The van der Waals surface area contributed by atoms with Crippen molar-refractivity contribution in [3.8, 4) is 11.5 Å². The van der Waals surface area contributed by atoms with Crippen LogP contribution in [0.3, 0.4) is 0 Å². The Morgan fingerprint density at radius 2 is 1.67 bits per heavy atom. The maximum atomic E-state index is 14.5. The molecular formula is C36H31ClN2O6. The number of benzene rings is 4. The zero-order valence-corrected chi connectivity index (χ0v) is 25.5. The third-order valence-corrected chi connectivity index (χ3v) is 8.45. The largest absolute Gasteiger partial charge is 0.506 e. The summed E-state index contributed by atoms with van der Waals surface area (Å²) in [4.78, 5) is 41.5. The number of aromatic hydroxyl groups is 1. The Balaban J connectivity index is 1.52. The van der Waals surface area contributed by atoms with Crippen molar-refractivity contribution in [1.29, 1.82) is 0 Å². The van der Waals surface area contributed by atoms with Gasteiger partial charge in [0.1, 0.15) is 23.8 Å². The number of para-hydroxylation sites is 1. The van der Waals surface area contributed by atoms with E-state index in [4.69, 9.17) is 16.3 Å². The van der Waals surface area contributed by atoms with Gasteiger partial charge in [-0.2, -0.15) is 0 Å². The number of anilines is 2. The molecule has 1 atom stereocenters. The van der Waals surface area contributed by atoms with Gasteiger partial charge in [0, 0.05) is 28.3 Å². The molecule has 228 valence electrons. The van der Waals surface area contributed by atoms with Gasteiger partial charge >= 0.3 is 5.97 Å². The molecule has 1 aliphatic heterocycles. The van der Waals surface area contributed by atoms with Crippen molar-refractivity contribution < 1.29 is 29.3 Å². The monoisotopic (exact) mass is 622 g/mol. The number of aromatic carboxylic acids is 1. The number of rotatable bonds is 6. The zero-order valence-electron chi connectivity index (χ0n) is 24.7. The molecule has 9 heteroatoms. The molecule has 0 spiro atoms. The summed E-state index contributed by atoms with van der Waals surface area (Å²) in [7, 11) is 0. The van der Waals surface area contributed by atoms with Crippen LogP contribution in [0.15, 0.2) is 102 Å². The molecule has 0 fully saturated rings. The fraction of sp³-hybridized carbons (Fsp3) is 0.194. The van der Waals surface area contributed by atoms with Crippen molar-refractivity contribution in [2.24, 2.45) is 5.41 Å². The van der Waals surface area contributed by atoms with E-state index in [-0.39, 0.29) is 45.2 Å². The SMILES string of the molecule is CC1(C)CC(=O)C2=C(C1)Nc1c(O)cccc1N(C(=O)c1ccc(C(=O)O)cc1)C2c1ccc(OCc2ccccc2)cc1Cl. The van der Waals surface area contributed by atoms with Crippen molar-refractivity contribution in [3.63, 3.8) is 0 Å². The van der Waals surface area contributed by atoms with E-state index in [0.29, 0.717) is 41.3 Å². The van der Waals surface area contributed by atoms with Gasteiger partial charge in [-0.15, -0.1) is 0 Å². The molecule has 45 heavy (non-hydrogen) atoms. The summed E-state index contributed by atoms with van der Waals surface area (Å²) in [5.41, 5.74) is 2.94. The van der Waals surface area contributed by atoms with Gasteiger partial charge in [-0.1, -0.05) is 67.9 Å². The minimum absolute atomic E-state index is 0.0301. The molecule has 8 nitrogen and oxygen atoms in total. The fourth-order valence-corrected chi connectivity index (χ4v) is 6.29. The highest BCUT2D eigenvalue weighted by molar-refractivity contribution is 6.32. The highest BCUT2D eigenvalue weighted by Gasteiger charge is 2.44. The molecule has 3 N–H and O–H groups in total. The van der Waals surface area contributed by atoms with E-state index in [1.807, 2.05) is 44.2 Å². The first kappa shape index (κ1) is 30.0. The molecule has 0 aromatic heterocycles. The van der Waals surface area contributed by atoms with Gasteiger partial charge in [-0.3, -0.25) is 14.5 Å². The number of carbonyl (C=O) groups is 3. The van der Waals surface area contributed by atoms with Gasteiger partial charge in [0.15, 0.2) is 5.78 Å². The molecule has 4 aromatic carbocycles. The van der Waals surface area contributed by atoms with E-state index in [0.717, 1.165) is 5.56 Å². The lowest BCUT2D eigenvalue weighted by Gasteiger charge is -2.37. The summed E-state index contributed by atoms with van der Waals surface area (Å²) < 4.78 is 6.00. The minimum atomic E-state index is -1.12. The van der Waals surface area contributed by atoms with Crippen LogP contribution >= 0.6 is 11.6 Å². The highest BCUT2D eigenvalue weighted by Crippen LogP contribution is 2.51. The maximum absolute atomic E-state index is 14.5. The molecule has 6 rings (SSSR count). The fourth-order valence-electron chi connectivity index (χ4n) is 6.02. The number of hydrogen-bond acceptors (Lipinski definition) is 6. The first-order valence-electron chi connectivity index (χ1n) is 14.5. The van der Waals surface area contributed by atoms with Crippen molar-refractivity contribution in [3.05, 3.63) is 130 Å². The van der Waals surface area contributed by atoms with Crippen LogP contribution in [0.4, 0.5) is 11.4 Å². The normalized spacial score (nSPS) is 17.1. The summed E-state index contributed by atoms with van der Waals surface area (Å²) in [5.74, 6) is -1.34. The van der Waals surface area contributed by atoms with Crippen molar-refractivity contribution >= 4 is 40.6 Å². The molecule has 1 aliphatic carbocycles. The Morgan fingerprint density at radius 3 is 2.36 bits per heavy atom. The Kier molecular flexibility index (Phi) is 7.85. The van der Waals surface area contributed by atoms with E-state index < -0.39 is 17.9 Å². The number of halogens is 1. The van der Waals surface area contributed by atoms with Crippen LogP contribution in [0.1, 0.15) is 64.6 Å². The number of fused-ring (bicyclic) bond motifs is 1. The van der Waals surface area contributed by atoms with E-state index >= 15 is 0 Å². The second-order valence-corrected chi connectivity index (χ2v) is 12.5. The van der Waals surface area contributed by atoms with Crippen LogP contribution in [-0.4, -0.2) is 27.9 Å². The number of ketones is 1. The number of amides is 1. The number of phenolic OH excluding ortho intramolecular Hbond substituents is 1. The van der Waals surface area contributed by atoms with Crippen LogP contribution < -0.4 is 15.0 Å². The van der Waals surface area contributed by atoms with E-state index in [9.17, 15) is 24.6 Å². The number of nitrogens with one attached hydrogen (secondary N) is 1. The minimum Gasteiger partial charge on any atom is -0.506 e. The van der Waals surface area contributed by atoms with Crippen molar-refractivity contribution in [2.45, 2.75) is 39.3 Å². The van der Waals surface area contributed by atoms with Crippen molar-refractivity contribution in [2.75, 3.05) is 10.2 Å².